The summed E-state index contributed by atoms with van der Waals surface area (Å²) in [4.78, 5) is 8.20. The maximum Gasteiger partial charge on any atom is 0.185 e. The smallest absolute Gasteiger partial charge is 0.185 e. The lowest BCUT2D eigenvalue weighted by atomic mass is 9.95. The van der Waals surface area contributed by atoms with Crippen LogP contribution in [-0.4, -0.2) is 37.8 Å². The molecule has 1 fully saturated rings. The molecule has 1 aliphatic rings. The van der Waals surface area contributed by atoms with Gasteiger partial charge in [-0.3, -0.25) is 0 Å². The normalized spacial score (nSPS) is 26.3. The van der Waals surface area contributed by atoms with Crippen molar-refractivity contribution < 1.29 is 4.74 Å². The van der Waals surface area contributed by atoms with E-state index in [9.17, 15) is 0 Å². The number of hydrogen-bond donors (Lipinski definition) is 1. The molecule has 0 aliphatic carbocycles. The van der Waals surface area contributed by atoms with Crippen molar-refractivity contribution in [3.05, 3.63) is 11.1 Å². The molecule has 0 amide bonds. The van der Waals surface area contributed by atoms with E-state index in [0.29, 0.717) is 6.04 Å². The standard InChI is InChI=1S/C13H23N3OS/c1-10(14-3)11-8-15-12(18-11)16-7-5-6-13(2,9-16)17-4/h8,10,14H,5-7,9H2,1-4H3. The van der Waals surface area contributed by atoms with Crippen molar-refractivity contribution in [1.82, 2.24) is 10.3 Å². The van der Waals surface area contributed by atoms with E-state index in [-0.39, 0.29) is 5.60 Å². The number of nitrogens with zero attached hydrogens (tertiary/aromatic N) is 2. The number of rotatable bonds is 4. The summed E-state index contributed by atoms with van der Waals surface area (Å²) in [7, 11) is 3.78. The minimum atomic E-state index is -0.0291. The molecule has 0 saturated carbocycles. The van der Waals surface area contributed by atoms with Gasteiger partial charge in [0.05, 0.1) is 5.60 Å². The Morgan fingerprint density at radius 3 is 3.06 bits per heavy atom. The zero-order chi connectivity index (χ0) is 13.2. The van der Waals surface area contributed by atoms with E-state index >= 15 is 0 Å². The first-order valence-corrected chi connectivity index (χ1v) is 7.33. The number of anilines is 1. The molecule has 2 rings (SSSR count). The Balaban J connectivity index is 2.09. The fourth-order valence-corrected chi connectivity index (χ4v) is 3.30. The van der Waals surface area contributed by atoms with Gasteiger partial charge in [0.1, 0.15) is 0 Å². The minimum absolute atomic E-state index is 0.0291. The number of piperidine rings is 1. The number of aromatic nitrogens is 1. The summed E-state index contributed by atoms with van der Waals surface area (Å²) in [5.74, 6) is 0. The average molecular weight is 269 g/mol. The summed E-state index contributed by atoms with van der Waals surface area (Å²) >= 11 is 1.78. The number of thiazole rings is 1. The maximum atomic E-state index is 5.63. The SMILES string of the molecule is CNC(C)c1cnc(N2CCCC(C)(OC)C2)s1. The predicted octanol–water partition coefficient (Wildman–Crippen LogP) is 2.43. The lowest BCUT2D eigenvalue weighted by Gasteiger charge is -2.39. The monoisotopic (exact) mass is 269 g/mol. The first-order chi connectivity index (χ1) is 8.58. The van der Waals surface area contributed by atoms with Gasteiger partial charge in [0, 0.05) is 37.3 Å². The largest absolute Gasteiger partial charge is 0.377 e. The second-order valence-electron chi connectivity index (χ2n) is 5.23. The Kier molecular flexibility index (Phi) is 4.25. The molecule has 1 aromatic heterocycles. The van der Waals surface area contributed by atoms with Crippen molar-refractivity contribution in [2.75, 3.05) is 32.1 Å². The summed E-state index contributed by atoms with van der Waals surface area (Å²) in [5, 5.41) is 4.37. The molecule has 1 aliphatic heterocycles. The first-order valence-electron chi connectivity index (χ1n) is 6.51. The van der Waals surface area contributed by atoms with Gasteiger partial charge in [-0.1, -0.05) is 0 Å². The summed E-state index contributed by atoms with van der Waals surface area (Å²) in [6.07, 6.45) is 4.28. The van der Waals surface area contributed by atoms with Crippen LogP contribution in [0.15, 0.2) is 6.20 Å². The maximum absolute atomic E-state index is 5.63. The van der Waals surface area contributed by atoms with Crippen LogP contribution in [0.5, 0.6) is 0 Å². The second-order valence-corrected chi connectivity index (χ2v) is 6.28. The van der Waals surface area contributed by atoms with Crippen LogP contribution >= 0.6 is 11.3 Å². The third-order valence-electron chi connectivity index (χ3n) is 3.79. The molecular formula is C13H23N3OS. The highest BCUT2D eigenvalue weighted by molar-refractivity contribution is 7.15. The van der Waals surface area contributed by atoms with Crippen molar-refractivity contribution in [1.29, 1.82) is 0 Å². The molecule has 2 unspecified atom stereocenters. The fourth-order valence-electron chi connectivity index (χ4n) is 2.30. The van der Waals surface area contributed by atoms with Gasteiger partial charge in [0.25, 0.3) is 0 Å². The molecule has 0 aromatic carbocycles. The quantitative estimate of drug-likeness (QED) is 0.911. The minimum Gasteiger partial charge on any atom is -0.377 e. The van der Waals surface area contributed by atoms with E-state index in [1.807, 2.05) is 13.2 Å². The molecule has 4 nitrogen and oxygen atoms in total. The van der Waals surface area contributed by atoms with Crippen LogP contribution < -0.4 is 10.2 Å². The van der Waals surface area contributed by atoms with Crippen LogP contribution in [-0.2, 0) is 4.74 Å². The summed E-state index contributed by atoms with van der Waals surface area (Å²) < 4.78 is 5.63. The van der Waals surface area contributed by atoms with Crippen molar-refractivity contribution in [2.45, 2.75) is 38.3 Å². The van der Waals surface area contributed by atoms with E-state index < -0.39 is 0 Å². The van der Waals surface area contributed by atoms with Crippen LogP contribution in [0.25, 0.3) is 0 Å². The molecule has 1 N–H and O–H groups in total. The average Bonchev–Trinajstić information content (AvgIpc) is 2.87. The highest BCUT2D eigenvalue weighted by atomic mass is 32.1. The van der Waals surface area contributed by atoms with Gasteiger partial charge in [-0.2, -0.15) is 0 Å². The van der Waals surface area contributed by atoms with Crippen molar-refractivity contribution in [3.63, 3.8) is 0 Å². The predicted molar refractivity (Wildman–Crippen MR) is 76.4 cm³/mol. The number of methoxy groups -OCH3 is 1. The topological polar surface area (TPSA) is 37.4 Å². The van der Waals surface area contributed by atoms with E-state index in [0.717, 1.165) is 24.6 Å². The molecule has 102 valence electrons. The van der Waals surface area contributed by atoms with E-state index in [1.54, 1.807) is 18.4 Å². The molecule has 2 heterocycles. The van der Waals surface area contributed by atoms with E-state index in [2.05, 4.69) is 29.0 Å². The Bertz CT molecular complexity index is 395. The second kappa shape index (κ2) is 5.55. The summed E-state index contributed by atoms with van der Waals surface area (Å²) in [5.41, 5.74) is -0.0291. The molecule has 1 saturated heterocycles. The molecule has 0 spiro atoms. The molecule has 18 heavy (non-hydrogen) atoms. The van der Waals surface area contributed by atoms with Gasteiger partial charge in [0.15, 0.2) is 5.13 Å². The molecule has 5 heteroatoms. The fraction of sp³-hybridized carbons (Fsp3) is 0.769. The van der Waals surface area contributed by atoms with Gasteiger partial charge in [-0.15, -0.1) is 11.3 Å². The lowest BCUT2D eigenvalue weighted by Crippen LogP contribution is -2.47. The van der Waals surface area contributed by atoms with Crippen molar-refractivity contribution in [2.24, 2.45) is 0 Å². The zero-order valence-corrected chi connectivity index (χ0v) is 12.5. The molecule has 2 atom stereocenters. The van der Waals surface area contributed by atoms with Gasteiger partial charge in [-0.05, 0) is 33.7 Å². The number of nitrogens with one attached hydrogen (secondary N) is 1. The molecule has 0 radical (unpaired) electrons. The van der Waals surface area contributed by atoms with Crippen LogP contribution in [0, 0.1) is 0 Å². The van der Waals surface area contributed by atoms with Crippen LogP contribution in [0.2, 0.25) is 0 Å². The number of hydrogen-bond acceptors (Lipinski definition) is 5. The third kappa shape index (κ3) is 2.84. The Hall–Kier alpha value is -0.650. The van der Waals surface area contributed by atoms with E-state index in [1.165, 1.54) is 11.3 Å². The zero-order valence-electron chi connectivity index (χ0n) is 11.7. The first kappa shape index (κ1) is 13.8. The Morgan fingerprint density at radius 2 is 2.39 bits per heavy atom. The van der Waals surface area contributed by atoms with Crippen molar-refractivity contribution >= 4 is 16.5 Å². The molecule has 1 aromatic rings. The van der Waals surface area contributed by atoms with Crippen molar-refractivity contribution in [3.8, 4) is 0 Å². The van der Waals surface area contributed by atoms with E-state index in [4.69, 9.17) is 4.74 Å². The highest BCUT2D eigenvalue weighted by Crippen LogP contribution is 2.32. The Morgan fingerprint density at radius 1 is 1.61 bits per heavy atom. The lowest BCUT2D eigenvalue weighted by molar-refractivity contribution is -0.00466. The van der Waals surface area contributed by atoms with Crippen LogP contribution in [0.4, 0.5) is 5.13 Å². The van der Waals surface area contributed by atoms with Gasteiger partial charge < -0.3 is 15.0 Å². The van der Waals surface area contributed by atoms with Crippen LogP contribution in [0.3, 0.4) is 0 Å². The number of ether oxygens (including phenoxy) is 1. The van der Waals surface area contributed by atoms with Crippen LogP contribution in [0.1, 0.15) is 37.6 Å². The van der Waals surface area contributed by atoms with Gasteiger partial charge in [0.2, 0.25) is 0 Å². The third-order valence-corrected chi connectivity index (χ3v) is 5.03. The summed E-state index contributed by atoms with van der Waals surface area (Å²) in [6.45, 7) is 6.36. The van der Waals surface area contributed by atoms with Gasteiger partial charge in [-0.25, -0.2) is 4.98 Å². The van der Waals surface area contributed by atoms with Gasteiger partial charge >= 0.3 is 0 Å². The Labute approximate surface area is 113 Å². The highest BCUT2D eigenvalue weighted by Gasteiger charge is 2.32. The molecule has 0 bridgehead atoms. The summed E-state index contributed by atoms with van der Waals surface area (Å²) in [6, 6.07) is 0.370. The molecular weight excluding hydrogens is 246 g/mol.